The number of aliphatic carboxylic acids is 1. The molecule has 1 aliphatic carbocycles. The molecule has 0 aromatic carbocycles. The van der Waals surface area contributed by atoms with Crippen molar-refractivity contribution in [3.05, 3.63) is 12.5 Å². The van der Waals surface area contributed by atoms with Gasteiger partial charge in [0, 0.05) is 13.1 Å². The van der Waals surface area contributed by atoms with Crippen LogP contribution in [0, 0.1) is 0 Å². The molecular formula is C13H17N5O2. The number of carbonyl (C=O) groups is 1. The van der Waals surface area contributed by atoms with E-state index in [4.69, 9.17) is 0 Å². The Morgan fingerprint density at radius 2 is 2.20 bits per heavy atom. The van der Waals surface area contributed by atoms with E-state index in [-0.39, 0.29) is 12.6 Å². The van der Waals surface area contributed by atoms with E-state index < -0.39 is 5.97 Å². The third kappa shape index (κ3) is 2.19. The van der Waals surface area contributed by atoms with Gasteiger partial charge < -0.3 is 10.0 Å². The quantitative estimate of drug-likeness (QED) is 0.902. The second-order valence-corrected chi connectivity index (χ2v) is 5.16. The van der Waals surface area contributed by atoms with Gasteiger partial charge in [0.2, 0.25) is 0 Å². The second-order valence-electron chi connectivity index (χ2n) is 5.16. The van der Waals surface area contributed by atoms with Gasteiger partial charge in [-0.05, 0) is 12.8 Å². The predicted molar refractivity (Wildman–Crippen MR) is 73.5 cm³/mol. The van der Waals surface area contributed by atoms with Crippen molar-refractivity contribution in [1.82, 2.24) is 19.7 Å². The molecule has 2 heterocycles. The first-order chi connectivity index (χ1) is 9.66. The molecule has 0 amide bonds. The van der Waals surface area contributed by atoms with Crippen LogP contribution in [0.15, 0.2) is 12.5 Å². The lowest BCUT2D eigenvalue weighted by Gasteiger charge is -2.28. The molecular weight excluding hydrogens is 258 g/mol. The van der Waals surface area contributed by atoms with Crippen LogP contribution in [-0.4, -0.2) is 43.4 Å². The lowest BCUT2D eigenvalue weighted by molar-refractivity contribution is -0.135. The van der Waals surface area contributed by atoms with Crippen molar-refractivity contribution in [3.8, 4) is 0 Å². The van der Waals surface area contributed by atoms with Crippen molar-refractivity contribution in [2.45, 2.75) is 31.7 Å². The van der Waals surface area contributed by atoms with Crippen molar-refractivity contribution < 1.29 is 9.90 Å². The summed E-state index contributed by atoms with van der Waals surface area (Å²) in [5.74, 6) is -0.162. The molecule has 0 radical (unpaired) electrons. The lowest BCUT2D eigenvalue weighted by atomic mass is 10.2. The first-order valence-corrected chi connectivity index (χ1v) is 6.78. The molecule has 1 fully saturated rings. The van der Waals surface area contributed by atoms with E-state index >= 15 is 0 Å². The summed E-state index contributed by atoms with van der Waals surface area (Å²) in [6, 6.07) is 0.240. The Morgan fingerprint density at radius 1 is 1.45 bits per heavy atom. The summed E-state index contributed by atoms with van der Waals surface area (Å²) in [6.07, 6.45) is 7.49. The Balaban J connectivity index is 2.05. The van der Waals surface area contributed by atoms with Gasteiger partial charge in [-0.25, -0.2) is 9.97 Å². The Hall–Kier alpha value is -2.18. The molecule has 0 saturated heterocycles. The third-order valence-corrected chi connectivity index (χ3v) is 3.85. The average Bonchev–Trinajstić information content (AvgIpc) is 3.06. The van der Waals surface area contributed by atoms with Crippen LogP contribution in [0.25, 0.3) is 11.0 Å². The third-order valence-electron chi connectivity index (χ3n) is 3.85. The highest BCUT2D eigenvalue weighted by molar-refractivity contribution is 5.88. The maximum Gasteiger partial charge on any atom is 0.323 e. The van der Waals surface area contributed by atoms with Gasteiger partial charge in [0.25, 0.3) is 0 Å². The molecule has 2 aromatic heterocycles. The number of hydrogen-bond acceptors (Lipinski definition) is 5. The molecule has 0 spiro atoms. The summed E-state index contributed by atoms with van der Waals surface area (Å²) >= 11 is 0. The molecule has 1 aliphatic rings. The Kier molecular flexibility index (Phi) is 3.25. The summed E-state index contributed by atoms with van der Waals surface area (Å²) < 4.78 is 1.67. The van der Waals surface area contributed by atoms with E-state index in [0.717, 1.165) is 36.7 Å². The normalized spacial score (nSPS) is 15.8. The SMILES string of the molecule is Cn1ncc2c(N(CC(=O)O)C3CCCC3)ncnc21. The first kappa shape index (κ1) is 12.8. The summed E-state index contributed by atoms with van der Waals surface area (Å²) in [4.78, 5) is 21.6. The molecule has 106 valence electrons. The molecule has 7 heteroatoms. The van der Waals surface area contributed by atoms with Crippen LogP contribution in [-0.2, 0) is 11.8 Å². The van der Waals surface area contributed by atoms with Gasteiger partial charge in [-0.15, -0.1) is 0 Å². The van der Waals surface area contributed by atoms with E-state index in [9.17, 15) is 9.90 Å². The minimum atomic E-state index is -0.840. The minimum absolute atomic E-state index is 0.0360. The minimum Gasteiger partial charge on any atom is -0.480 e. The fourth-order valence-electron chi connectivity index (χ4n) is 2.92. The average molecular weight is 275 g/mol. The molecule has 20 heavy (non-hydrogen) atoms. The van der Waals surface area contributed by atoms with E-state index in [2.05, 4.69) is 15.1 Å². The summed E-state index contributed by atoms with van der Waals surface area (Å²) in [5.41, 5.74) is 0.725. The number of carboxylic acid groups (broad SMARTS) is 1. The lowest BCUT2D eigenvalue weighted by Crippen LogP contribution is -2.38. The Labute approximate surface area is 116 Å². The standard InChI is InChI=1S/C13H17N5O2/c1-17-12-10(6-16-17)13(15-8-14-12)18(7-11(19)20)9-4-2-3-5-9/h6,8-9H,2-5,7H2,1H3,(H,19,20). The topological polar surface area (TPSA) is 84.1 Å². The van der Waals surface area contributed by atoms with Crippen LogP contribution in [0.4, 0.5) is 5.82 Å². The Morgan fingerprint density at radius 3 is 2.90 bits per heavy atom. The molecule has 0 unspecified atom stereocenters. The smallest absolute Gasteiger partial charge is 0.323 e. The molecule has 1 N–H and O–H groups in total. The molecule has 7 nitrogen and oxygen atoms in total. The number of rotatable bonds is 4. The Bertz CT molecular complexity index is 633. The van der Waals surface area contributed by atoms with Gasteiger partial charge >= 0.3 is 5.97 Å². The highest BCUT2D eigenvalue weighted by atomic mass is 16.4. The largest absolute Gasteiger partial charge is 0.480 e. The van der Waals surface area contributed by atoms with Gasteiger partial charge in [-0.1, -0.05) is 12.8 Å². The highest BCUT2D eigenvalue weighted by Gasteiger charge is 2.27. The maximum absolute atomic E-state index is 11.2. The second kappa shape index (κ2) is 5.07. The van der Waals surface area contributed by atoms with Crippen LogP contribution < -0.4 is 4.90 Å². The van der Waals surface area contributed by atoms with E-state index in [1.807, 2.05) is 11.9 Å². The number of hydrogen-bond donors (Lipinski definition) is 1. The van der Waals surface area contributed by atoms with Crippen LogP contribution in [0.1, 0.15) is 25.7 Å². The zero-order valence-corrected chi connectivity index (χ0v) is 11.4. The number of fused-ring (bicyclic) bond motifs is 1. The van der Waals surface area contributed by atoms with E-state index in [1.54, 1.807) is 10.9 Å². The van der Waals surface area contributed by atoms with Gasteiger partial charge in [0.15, 0.2) is 5.65 Å². The fourth-order valence-corrected chi connectivity index (χ4v) is 2.92. The van der Waals surface area contributed by atoms with Crippen molar-refractivity contribution in [1.29, 1.82) is 0 Å². The van der Waals surface area contributed by atoms with E-state index in [0.29, 0.717) is 5.82 Å². The van der Waals surface area contributed by atoms with Gasteiger partial charge in [-0.2, -0.15) is 5.10 Å². The van der Waals surface area contributed by atoms with Crippen molar-refractivity contribution in [2.75, 3.05) is 11.4 Å². The van der Waals surface area contributed by atoms with Crippen LogP contribution in [0.2, 0.25) is 0 Å². The van der Waals surface area contributed by atoms with Crippen molar-refractivity contribution in [2.24, 2.45) is 7.05 Å². The van der Waals surface area contributed by atoms with Crippen LogP contribution in [0.5, 0.6) is 0 Å². The number of aromatic nitrogens is 4. The molecule has 2 aromatic rings. The number of carboxylic acids is 1. The van der Waals surface area contributed by atoms with Gasteiger partial charge in [0.1, 0.15) is 18.7 Å². The number of aryl methyl sites for hydroxylation is 1. The van der Waals surface area contributed by atoms with Crippen LogP contribution >= 0.6 is 0 Å². The van der Waals surface area contributed by atoms with Crippen LogP contribution in [0.3, 0.4) is 0 Å². The molecule has 0 aliphatic heterocycles. The molecule has 0 atom stereocenters. The summed E-state index contributed by atoms with van der Waals surface area (Å²) in [7, 11) is 1.82. The van der Waals surface area contributed by atoms with Crippen molar-refractivity contribution in [3.63, 3.8) is 0 Å². The maximum atomic E-state index is 11.2. The monoisotopic (exact) mass is 275 g/mol. The summed E-state index contributed by atoms with van der Waals surface area (Å²) in [6.45, 7) is -0.0360. The van der Waals surface area contributed by atoms with E-state index in [1.165, 1.54) is 6.33 Å². The zero-order chi connectivity index (χ0) is 14.1. The highest BCUT2D eigenvalue weighted by Crippen LogP contribution is 2.30. The fraction of sp³-hybridized carbons (Fsp3) is 0.538. The molecule has 3 rings (SSSR count). The summed E-state index contributed by atoms with van der Waals surface area (Å²) in [5, 5.41) is 14.2. The van der Waals surface area contributed by atoms with Gasteiger partial charge in [0.05, 0.1) is 11.6 Å². The number of anilines is 1. The van der Waals surface area contributed by atoms with Gasteiger partial charge in [-0.3, -0.25) is 9.48 Å². The molecule has 0 bridgehead atoms. The predicted octanol–water partition coefficient (Wildman–Crippen LogP) is 1.20. The number of nitrogens with zero attached hydrogens (tertiary/aromatic N) is 5. The first-order valence-electron chi connectivity index (χ1n) is 6.78. The van der Waals surface area contributed by atoms with Crippen molar-refractivity contribution >= 4 is 22.8 Å². The zero-order valence-electron chi connectivity index (χ0n) is 11.4. The molecule has 1 saturated carbocycles.